The average Bonchev–Trinajstić information content (AvgIpc) is 3.36. The maximum atomic E-state index is 12.6. The lowest BCUT2D eigenvalue weighted by atomic mass is 10.2. The third kappa shape index (κ3) is 5.07. The molecule has 1 aliphatic rings. The summed E-state index contributed by atoms with van der Waals surface area (Å²) in [7, 11) is -3.91. The van der Waals surface area contributed by atoms with Gasteiger partial charge in [0.2, 0.25) is 10.0 Å². The summed E-state index contributed by atoms with van der Waals surface area (Å²) in [5.41, 5.74) is 0.0390. The van der Waals surface area contributed by atoms with Crippen LogP contribution in [-0.2, 0) is 32.5 Å². The van der Waals surface area contributed by atoms with Crippen molar-refractivity contribution in [1.29, 1.82) is 0 Å². The number of esters is 1. The smallest absolute Gasteiger partial charge is 0.338 e. The molecule has 1 N–H and O–H groups in total. The molecule has 1 saturated heterocycles. The Balaban J connectivity index is 1.67. The number of aryl methyl sites for hydroxylation is 1. The number of sulfonamides is 1. The van der Waals surface area contributed by atoms with Gasteiger partial charge in [-0.15, -0.1) is 0 Å². The Morgan fingerprint density at radius 1 is 1.43 bits per heavy atom. The predicted octanol–water partition coefficient (Wildman–Crippen LogP) is 2.10. The van der Waals surface area contributed by atoms with Crippen LogP contribution in [-0.4, -0.2) is 43.8 Å². The van der Waals surface area contributed by atoms with Gasteiger partial charge < -0.3 is 14.0 Å². The largest absolute Gasteiger partial charge is 0.452 e. The van der Waals surface area contributed by atoms with Gasteiger partial charge in [0.25, 0.3) is 5.89 Å². The number of ether oxygens (including phenoxy) is 2. The predicted molar refractivity (Wildman–Crippen MR) is 98.4 cm³/mol. The molecule has 0 spiro atoms. The first-order chi connectivity index (χ1) is 13.4. The third-order valence-corrected chi connectivity index (χ3v) is 6.04. The van der Waals surface area contributed by atoms with Gasteiger partial charge in [-0.3, -0.25) is 0 Å². The molecule has 0 aliphatic carbocycles. The van der Waals surface area contributed by atoms with Gasteiger partial charge in [-0.2, -0.15) is 4.98 Å². The monoisotopic (exact) mass is 429 g/mol. The Kier molecular flexibility index (Phi) is 6.65. The van der Waals surface area contributed by atoms with Crippen molar-refractivity contribution in [2.45, 2.75) is 43.8 Å². The average molecular weight is 430 g/mol. The van der Waals surface area contributed by atoms with Crippen molar-refractivity contribution < 1.29 is 27.2 Å². The van der Waals surface area contributed by atoms with E-state index in [-0.39, 0.29) is 40.6 Å². The highest BCUT2D eigenvalue weighted by Gasteiger charge is 2.24. The van der Waals surface area contributed by atoms with E-state index < -0.39 is 16.0 Å². The summed E-state index contributed by atoms with van der Waals surface area (Å²) in [6.07, 6.45) is 2.12. The number of nitrogens with one attached hydrogen (secondary N) is 1. The molecule has 0 saturated carbocycles. The number of hydrogen-bond acceptors (Lipinski definition) is 8. The number of rotatable bonds is 8. The lowest BCUT2D eigenvalue weighted by Gasteiger charge is -2.13. The Labute approximate surface area is 167 Å². The quantitative estimate of drug-likeness (QED) is 0.633. The fourth-order valence-corrected chi connectivity index (χ4v) is 4.21. The zero-order valence-corrected chi connectivity index (χ0v) is 16.8. The van der Waals surface area contributed by atoms with Crippen LogP contribution in [0.5, 0.6) is 0 Å². The number of aromatic nitrogens is 2. The van der Waals surface area contributed by atoms with Crippen molar-refractivity contribution in [2.75, 3.05) is 13.2 Å². The second-order valence-corrected chi connectivity index (χ2v) is 8.31. The summed E-state index contributed by atoms with van der Waals surface area (Å²) < 4.78 is 43.1. The Morgan fingerprint density at radius 2 is 2.25 bits per heavy atom. The lowest BCUT2D eigenvalue weighted by molar-refractivity contribution is 0.0429. The summed E-state index contributed by atoms with van der Waals surface area (Å²) in [6, 6.07) is 3.89. The van der Waals surface area contributed by atoms with Crippen molar-refractivity contribution in [3.8, 4) is 0 Å². The molecule has 9 nitrogen and oxygen atoms in total. The second kappa shape index (κ2) is 8.99. The van der Waals surface area contributed by atoms with Gasteiger partial charge in [0, 0.05) is 19.6 Å². The molecule has 11 heteroatoms. The van der Waals surface area contributed by atoms with Crippen LogP contribution < -0.4 is 4.72 Å². The van der Waals surface area contributed by atoms with Crippen LogP contribution in [0.25, 0.3) is 0 Å². The molecule has 3 rings (SSSR count). The van der Waals surface area contributed by atoms with Gasteiger partial charge in [0.05, 0.1) is 16.7 Å². The van der Waals surface area contributed by atoms with Crippen LogP contribution in [0.1, 0.15) is 41.8 Å². The summed E-state index contributed by atoms with van der Waals surface area (Å²) in [6.45, 7) is 2.41. The fourth-order valence-electron chi connectivity index (χ4n) is 2.62. The summed E-state index contributed by atoms with van der Waals surface area (Å²) >= 11 is 6.04. The molecule has 1 atom stereocenters. The highest BCUT2D eigenvalue weighted by Crippen LogP contribution is 2.23. The SMILES string of the molecule is CCc1noc(COC(=O)c2ccc(Cl)c(S(=O)(=O)NCC3CCCO3)c2)n1. The van der Waals surface area contributed by atoms with Gasteiger partial charge in [0.15, 0.2) is 12.4 Å². The van der Waals surface area contributed by atoms with Gasteiger partial charge in [-0.05, 0) is 31.0 Å². The Morgan fingerprint density at radius 3 is 2.93 bits per heavy atom. The van der Waals surface area contributed by atoms with Gasteiger partial charge in [-0.1, -0.05) is 23.7 Å². The van der Waals surface area contributed by atoms with E-state index in [0.717, 1.165) is 12.8 Å². The lowest BCUT2D eigenvalue weighted by Crippen LogP contribution is -2.32. The second-order valence-electron chi connectivity index (χ2n) is 6.17. The van der Waals surface area contributed by atoms with E-state index >= 15 is 0 Å². The minimum Gasteiger partial charge on any atom is -0.452 e. The molecule has 2 aromatic rings. The molecular weight excluding hydrogens is 410 g/mol. The number of hydrogen-bond donors (Lipinski definition) is 1. The van der Waals surface area contributed by atoms with Crippen LogP contribution in [0, 0.1) is 0 Å². The molecule has 1 aromatic carbocycles. The maximum absolute atomic E-state index is 12.6. The summed E-state index contributed by atoms with van der Waals surface area (Å²) in [4.78, 5) is 16.1. The fraction of sp³-hybridized carbons (Fsp3) is 0.471. The molecule has 0 radical (unpaired) electrons. The Bertz CT molecular complexity index is 940. The van der Waals surface area contributed by atoms with Crippen molar-refractivity contribution >= 4 is 27.6 Å². The van der Waals surface area contributed by atoms with Gasteiger partial charge >= 0.3 is 5.97 Å². The highest BCUT2D eigenvalue weighted by molar-refractivity contribution is 7.89. The van der Waals surface area contributed by atoms with E-state index in [2.05, 4.69) is 14.9 Å². The van der Waals surface area contributed by atoms with Crippen LogP contribution in [0.3, 0.4) is 0 Å². The highest BCUT2D eigenvalue weighted by atomic mass is 35.5. The Hall–Kier alpha value is -2.01. The van der Waals surface area contributed by atoms with Crippen molar-refractivity contribution in [1.82, 2.24) is 14.9 Å². The van der Waals surface area contributed by atoms with E-state index in [1.54, 1.807) is 0 Å². The topological polar surface area (TPSA) is 121 Å². The molecule has 1 unspecified atom stereocenters. The van der Waals surface area contributed by atoms with Crippen LogP contribution in [0.15, 0.2) is 27.6 Å². The molecule has 0 bridgehead atoms. The van der Waals surface area contributed by atoms with Crippen LogP contribution in [0.4, 0.5) is 0 Å². The van der Waals surface area contributed by atoms with Crippen LogP contribution >= 0.6 is 11.6 Å². The third-order valence-electron chi connectivity index (χ3n) is 4.13. The van der Waals surface area contributed by atoms with E-state index in [0.29, 0.717) is 18.9 Å². The first kappa shape index (κ1) is 20.7. The molecule has 2 heterocycles. The zero-order valence-electron chi connectivity index (χ0n) is 15.2. The molecular formula is C17H20ClN3O6S. The molecule has 152 valence electrons. The first-order valence-electron chi connectivity index (χ1n) is 8.78. The molecule has 1 fully saturated rings. The standard InChI is InChI=1S/C17H20ClN3O6S/c1-2-15-20-16(27-21-15)10-26-17(22)11-5-6-13(18)14(8-11)28(23,24)19-9-12-4-3-7-25-12/h5-6,8,12,19H,2-4,7,9-10H2,1H3. The number of halogens is 1. The number of nitrogens with zero attached hydrogens (tertiary/aromatic N) is 2. The van der Waals surface area contributed by atoms with E-state index in [1.165, 1.54) is 18.2 Å². The molecule has 0 amide bonds. The van der Waals surface area contributed by atoms with Gasteiger partial charge in [-0.25, -0.2) is 17.9 Å². The first-order valence-corrected chi connectivity index (χ1v) is 10.6. The minimum absolute atomic E-state index is 0.000814. The van der Waals surface area contributed by atoms with Crippen LogP contribution in [0.2, 0.25) is 5.02 Å². The van der Waals surface area contributed by atoms with Crippen molar-refractivity contribution in [2.24, 2.45) is 0 Å². The minimum atomic E-state index is -3.91. The molecule has 28 heavy (non-hydrogen) atoms. The maximum Gasteiger partial charge on any atom is 0.338 e. The number of carbonyl (C=O) groups excluding carboxylic acids is 1. The number of carbonyl (C=O) groups is 1. The van der Waals surface area contributed by atoms with Crippen molar-refractivity contribution in [3.63, 3.8) is 0 Å². The normalized spacial score (nSPS) is 17.0. The van der Waals surface area contributed by atoms with Crippen molar-refractivity contribution in [3.05, 3.63) is 40.5 Å². The summed E-state index contributed by atoms with van der Waals surface area (Å²) in [5, 5.41) is 3.70. The molecule has 1 aromatic heterocycles. The van der Waals surface area contributed by atoms with E-state index in [9.17, 15) is 13.2 Å². The van der Waals surface area contributed by atoms with E-state index in [4.69, 9.17) is 25.6 Å². The van der Waals surface area contributed by atoms with E-state index in [1.807, 2.05) is 6.92 Å². The number of benzene rings is 1. The zero-order chi connectivity index (χ0) is 20.1. The summed E-state index contributed by atoms with van der Waals surface area (Å²) in [5.74, 6) is -0.0723. The van der Waals surface area contributed by atoms with Gasteiger partial charge in [0.1, 0.15) is 4.90 Å². The molecule has 1 aliphatic heterocycles.